The van der Waals surface area contributed by atoms with Crippen molar-refractivity contribution in [3.05, 3.63) is 128 Å². The first-order valence-electron chi connectivity index (χ1n) is 16.3. The molecule has 1 N–H and O–H groups in total. The van der Waals surface area contributed by atoms with Crippen molar-refractivity contribution < 1.29 is 57.2 Å². The third kappa shape index (κ3) is 9.87. The Morgan fingerprint density at radius 2 is 1.09 bits per heavy atom. The van der Waals surface area contributed by atoms with Crippen molar-refractivity contribution in [1.29, 1.82) is 0 Å². The molecule has 0 aliphatic carbocycles. The molecule has 0 aromatic heterocycles. The monoisotopic (exact) mass is 743 g/mol. The highest BCUT2D eigenvalue weighted by Crippen LogP contribution is 2.36. The van der Waals surface area contributed by atoms with Gasteiger partial charge in [0.1, 0.15) is 31.3 Å². The Morgan fingerprint density at radius 1 is 0.648 bits per heavy atom. The molecule has 4 aromatic carbocycles. The van der Waals surface area contributed by atoms with Gasteiger partial charge in [0.25, 0.3) is 11.4 Å². The number of para-hydroxylation sites is 1. The summed E-state index contributed by atoms with van der Waals surface area (Å²) in [5.41, 5.74) is 0.625. The molecular formula is C36H34BN3O14. The maximum atomic E-state index is 13.1. The summed E-state index contributed by atoms with van der Waals surface area (Å²) in [4.78, 5) is 58.6. The Labute approximate surface area is 308 Å². The molecule has 1 heterocycles. The standard InChI is InChI=1S/C36H34BN3O14/c1-35(2)36(3,4)54-37(53-35)26-10-8-23(9-11-26)20-48-32(41)38-31-24(21-49-33(42)51-29-16-12-27(13-17-29)39(44)45)6-5-7-25(31)22-50-34(43)52-30-18-14-28(15-19-30)40(46)47/h5-19H,20-22H2,1-4H3,(H,38,41). The summed E-state index contributed by atoms with van der Waals surface area (Å²) in [5.74, 6) is -0.0181. The van der Waals surface area contributed by atoms with E-state index in [-0.39, 0.29) is 46.3 Å². The fraction of sp³-hybridized carbons (Fsp3) is 0.250. The van der Waals surface area contributed by atoms with Gasteiger partial charge in [-0.1, -0.05) is 42.5 Å². The molecule has 1 aliphatic heterocycles. The van der Waals surface area contributed by atoms with Crippen LogP contribution in [0.25, 0.3) is 0 Å². The lowest BCUT2D eigenvalue weighted by molar-refractivity contribution is -0.385. The zero-order chi connectivity index (χ0) is 39.0. The molecule has 4 aromatic rings. The molecule has 54 heavy (non-hydrogen) atoms. The molecule has 0 radical (unpaired) electrons. The SMILES string of the molecule is CC1(C)OB(c2ccc(COC(=O)Nc3c(COC(=O)Oc4ccc([N+](=O)[O-])cc4)cccc3COC(=O)Oc3ccc([N+](=O)[O-])cc3)cc2)OC1(C)C. The van der Waals surface area contributed by atoms with E-state index >= 15 is 0 Å². The van der Waals surface area contributed by atoms with Gasteiger partial charge in [0.2, 0.25) is 0 Å². The van der Waals surface area contributed by atoms with Gasteiger partial charge in [-0.25, -0.2) is 14.4 Å². The van der Waals surface area contributed by atoms with Gasteiger partial charge in [0, 0.05) is 35.4 Å². The zero-order valence-corrected chi connectivity index (χ0v) is 29.5. The minimum Gasteiger partial charge on any atom is -0.444 e. The van der Waals surface area contributed by atoms with Gasteiger partial charge in [0.15, 0.2) is 0 Å². The van der Waals surface area contributed by atoms with Gasteiger partial charge in [-0.05, 0) is 63.0 Å². The van der Waals surface area contributed by atoms with Gasteiger partial charge in [-0.2, -0.15) is 0 Å². The van der Waals surface area contributed by atoms with Crippen molar-refractivity contribution >= 4 is 48.0 Å². The van der Waals surface area contributed by atoms with Crippen LogP contribution >= 0.6 is 0 Å². The van der Waals surface area contributed by atoms with Crippen LogP contribution in [0.2, 0.25) is 0 Å². The van der Waals surface area contributed by atoms with E-state index < -0.39 is 59.8 Å². The summed E-state index contributed by atoms with van der Waals surface area (Å²) < 4.78 is 38.3. The molecule has 1 fully saturated rings. The number of carbonyl (C=O) groups is 3. The van der Waals surface area contributed by atoms with Crippen molar-refractivity contribution in [2.75, 3.05) is 5.32 Å². The normalized spacial score (nSPS) is 14.0. The van der Waals surface area contributed by atoms with Gasteiger partial charge >= 0.3 is 25.5 Å². The van der Waals surface area contributed by atoms with Gasteiger partial charge < -0.3 is 33.0 Å². The van der Waals surface area contributed by atoms with Crippen LogP contribution in [-0.4, -0.2) is 46.6 Å². The van der Waals surface area contributed by atoms with Crippen molar-refractivity contribution in [2.24, 2.45) is 0 Å². The van der Waals surface area contributed by atoms with Crippen LogP contribution in [0, 0.1) is 20.2 Å². The largest absolute Gasteiger partial charge is 0.514 e. The molecule has 0 atom stereocenters. The maximum Gasteiger partial charge on any atom is 0.514 e. The molecule has 0 saturated carbocycles. The number of benzene rings is 4. The number of anilines is 1. The average molecular weight is 743 g/mol. The van der Waals surface area contributed by atoms with Crippen molar-refractivity contribution in [3.63, 3.8) is 0 Å². The molecule has 0 bridgehead atoms. The van der Waals surface area contributed by atoms with E-state index in [1.807, 2.05) is 39.8 Å². The van der Waals surface area contributed by atoms with Crippen molar-refractivity contribution in [1.82, 2.24) is 0 Å². The first-order valence-corrected chi connectivity index (χ1v) is 16.3. The number of ether oxygens (including phenoxy) is 5. The van der Waals surface area contributed by atoms with Crippen LogP contribution in [0.15, 0.2) is 91.0 Å². The van der Waals surface area contributed by atoms with E-state index in [0.29, 0.717) is 5.56 Å². The van der Waals surface area contributed by atoms with Crippen LogP contribution in [0.5, 0.6) is 11.5 Å². The van der Waals surface area contributed by atoms with E-state index in [2.05, 4.69) is 5.32 Å². The van der Waals surface area contributed by atoms with Gasteiger partial charge in [0.05, 0.1) is 26.7 Å². The molecule has 1 aliphatic rings. The Balaban J connectivity index is 1.24. The summed E-state index contributed by atoms with van der Waals surface area (Å²) >= 11 is 0. The molecule has 18 heteroatoms. The van der Waals surface area contributed by atoms with E-state index in [0.717, 1.165) is 29.7 Å². The number of nitrogens with zero attached hydrogens (tertiary/aromatic N) is 2. The maximum absolute atomic E-state index is 13.1. The summed E-state index contributed by atoms with van der Waals surface area (Å²) in [6.07, 6.45) is -3.18. The van der Waals surface area contributed by atoms with Crippen LogP contribution in [0.1, 0.15) is 44.4 Å². The fourth-order valence-corrected chi connectivity index (χ4v) is 4.89. The highest BCUT2D eigenvalue weighted by molar-refractivity contribution is 6.62. The Kier molecular flexibility index (Phi) is 11.8. The smallest absolute Gasteiger partial charge is 0.444 e. The lowest BCUT2D eigenvalue weighted by Gasteiger charge is -2.32. The summed E-state index contributed by atoms with van der Waals surface area (Å²) in [7, 11) is -0.564. The molecular weight excluding hydrogens is 709 g/mol. The van der Waals surface area contributed by atoms with Gasteiger partial charge in [-0.15, -0.1) is 0 Å². The van der Waals surface area contributed by atoms with Crippen LogP contribution < -0.4 is 20.3 Å². The van der Waals surface area contributed by atoms with E-state index in [4.69, 9.17) is 33.0 Å². The van der Waals surface area contributed by atoms with Crippen molar-refractivity contribution in [3.8, 4) is 11.5 Å². The van der Waals surface area contributed by atoms with Crippen LogP contribution in [0.4, 0.5) is 31.4 Å². The lowest BCUT2D eigenvalue weighted by atomic mass is 9.79. The minimum absolute atomic E-state index is 0.00906. The van der Waals surface area contributed by atoms with Crippen LogP contribution in [-0.2, 0) is 43.3 Å². The number of carbonyl (C=O) groups excluding carboxylic acids is 3. The second-order valence-corrected chi connectivity index (χ2v) is 12.8. The fourth-order valence-electron chi connectivity index (χ4n) is 4.89. The topological polar surface area (TPSA) is 214 Å². The Bertz CT molecular complexity index is 1910. The minimum atomic E-state index is -1.14. The van der Waals surface area contributed by atoms with E-state index in [9.17, 15) is 34.6 Å². The molecule has 5 rings (SSSR count). The quantitative estimate of drug-likeness (QED) is 0.0387. The number of amides is 1. The number of nitro benzene ring substituents is 2. The molecule has 1 amide bonds. The third-order valence-electron chi connectivity index (χ3n) is 8.53. The summed E-state index contributed by atoms with van der Waals surface area (Å²) in [5, 5.41) is 24.4. The zero-order valence-electron chi connectivity index (χ0n) is 29.5. The first kappa shape index (κ1) is 38.7. The average Bonchev–Trinajstić information content (AvgIpc) is 3.36. The lowest BCUT2D eigenvalue weighted by Crippen LogP contribution is -2.41. The third-order valence-corrected chi connectivity index (χ3v) is 8.53. The van der Waals surface area contributed by atoms with E-state index in [1.165, 1.54) is 36.4 Å². The highest BCUT2D eigenvalue weighted by Gasteiger charge is 2.51. The summed E-state index contributed by atoms with van der Waals surface area (Å²) in [6.45, 7) is 6.84. The molecule has 1 saturated heterocycles. The van der Waals surface area contributed by atoms with Crippen LogP contribution in [0.3, 0.4) is 0 Å². The predicted octanol–water partition coefficient (Wildman–Crippen LogP) is 6.98. The van der Waals surface area contributed by atoms with Crippen molar-refractivity contribution in [2.45, 2.75) is 58.7 Å². The highest BCUT2D eigenvalue weighted by atomic mass is 16.7. The second-order valence-electron chi connectivity index (χ2n) is 12.8. The predicted molar refractivity (Wildman–Crippen MR) is 190 cm³/mol. The molecule has 17 nitrogen and oxygen atoms in total. The van der Waals surface area contributed by atoms with E-state index in [1.54, 1.807) is 18.2 Å². The summed E-state index contributed by atoms with van der Waals surface area (Å²) in [6, 6.07) is 21.3. The second kappa shape index (κ2) is 16.4. The number of non-ortho nitro benzene ring substituents is 2. The number of rotatable bonds is 12. The molecule has 0 unspecified atom stereocenters. The number of hydrogen-bond donors (Lipinski definition) is 1. The Hall–Kier alpha value is -6.53. The van der Waals surface area contributed by atoms with Gasteiger partial charge in [-0.3, -0.25) is 25.5 Å². The first-order chi connectivity index (χ1) is 25.6. The Morgan fingerprint density at radius 3 is 1.52 bits per heavy atom. The molecule has 0 spiro atoms. The number of nitrogens with one attached hydrogen (secondary N) is 1. The molecule has 280 valence electrons. The number of hydrogen-bond acceptors (Lipinski definition) is 14. The number of nitro groups is 2.